The number of nitrogens with zero attached hydrogens (tertiary/aromatic N) is 3. The van der Waals surface area contributed by atoms with Gasteiger partial charge in [0.15, 0.2) is 11.5 Å². The van der Waals surface area contributed by atoms with Crippen molar-refractivity contribution < 1.29 is 24.5 Å². The Balaban J connectivity index is 1.55. The molecule has 0 saturated carbocycles. The monoisotopic (exact) mass is 560 g/mol. The summed E-state index contributed by atoms with van der Waals surface area (Å²) in [6.07, 6.45) is 1.09. The molecule has 218 valence electrons. The fourth-order valence-corrected chi connectivity index (χ4v) is 7.57. The Morgan fingerprint density at radius 1 is 1.07 bits per heavy atom. The van der Waals surface area contributed by atoms with E-state index < -0.39 is 12.1 Å². The van der Waals surface area contributed by atoms with Crippen molar-refractivity contribution in [3.05, 3.63) is 45.0 Å². The summed E-state index contributed by atoms with van der Waals surface area (Å²) in [6, 6.07) is 3.28. The van der Waals surface area contributed by atoms with Crippen LogP contribution in [0.15, 0.2) is 6.07 Å². The van der Waals surface area contributed by atoms with E-state index >= 15 is 0 Å². The van der Waals surface area contributed by atoms with Gasteiger partial charge in [0.2, 0.25) is 12.7 Å². The fraction of sp³-hybridized carbons (Fsp3) is 0.562. The molecule has 2 aromatic carbocycles. The highest BCUT2D eigenvalue weighted by Gasteiger charge is 2.56. The molecule has 1 unspecified atom stereocenters. The van der Waals surface area contributed by atoms with Crippen LogP contribution >= 0.6 is 0 Å². The molecule has 1 fully saturated rings. The van der Waals surface area contributed by atoms with Crippen LogP contribution in [0.25, 0.3) is 0 Å². The summed E-state index contributed by atoms with van der Waals surface area (Å²) < 4.78 is 11.8. The number of hydrogen-bond donors (Lipinski definition) is 3. The predicted molar refractivity (Wildman–Crippen MR) is 153 cm³/mol. The van der Waals surface area contributed by atoms with Gasteiger partial charge in [0.05, 0.1) is 18.2 Å². The van der Waals surface area contributed by atoms with E-state index in [1.54, 1.807) is 0 Å². The third kappa shape index (κ3) is 3.91. The smallest absolute Gasteiger partial charge is 0.231 e. The summed E-state index contributed by atoms with van der Waals surface area (Å²) in [6.45, 7) is 12.0. The van der Waals surface area contributed by atoms with E-state index in [4.69, 9.17) is 9.47 Å². The van der Waals surface area contributed by atoms with Gasteiger partial charge in [-0.05, 0) is 63.3 Å². The highest BCUT2D eigenvalue weighted by molar-refractivity contribution is 5.78. The van der Waals surface area contributed by atoms with Crippen LogP contribution in [-0.4, -0.2) is 64.4 Å². The van der Waals surface area contributed by atoms with Crippen molar-refractivity contribution in [2.45, 2.75) is 84.6 Å². The molecule has 0 spiro atoms. The number of nitriles is 1. The van der Waals surface area contributed by atoms with E-state index in [0.717, 1.165) is 33.4 Å². The first-order chi connectivity index (χ1) is 19.5. The quantitative estimate of drug-likeness (QED) is 0.515. The fourth-order valence-electron chi connectivity index (χ4n) is 7.57. The van der Waals surface area contributed by atoms with Crippen LogP contribution in [0.2, 0.25) is 0 Å². The number of phenols is 2. The lowest BCUT2D eigenvalue weighted by Gasteiger charge is -2.60. The van der Waals surface area contributed by atoms with Crippen LogP contribution < -0.4 is 14.8 Å². The van der Waals surface area contributed by atoms with E-state index in [1.807, 2.05) is 48.6 Å². The first kappa shape index (κ1) is 27.7. The van der Waals surface area contributed by atoms with Crippen molar-refractivity contribution in [1.29, 1.82) is 5.26 Å². The first-order valence-corrected chi connectivity index (χ1v) is 14.6. The summed E-state index contributed by atoms with van der Waals surface area (Å²) in [5.74, 6) is 1.51. The van der Waals surface area contributed by atoms with Gasteiger partial charge in [-0.1, -0.05) is 26.8 Å². The van der Waals surface area contributed by atoms with Gasteiger partial charge < -0.3 is 25.0 Å². The zero-order valence-corrected chi connectivity index (χ0v) is 24.9. The normalized spacial score (nSPS) is 27.0. The van der Waals surface area contributed by atoms with Crippen LogP contribution in [-0.2, 0) is 17.6 Å². The van der Waals surface area contributed by atoms with Crippen molar-refractivity contribution in [2.75, 3.05) is 20.4 Å². The molecule has 1 saturated heterocycles. The number of benzene rings is 2. The van der Waals surface area contributed by atoms with Gasteiger partial charge in [-0.3, -0.25) is 14.6 Å². The van der Waals surface area contributed by atoms with E-state index in [1.165, 1.54) is 0 Å². The van der Waals surface area contributed by atoms with Crippen molar-refractivity contribution >= 4 is 5.91 Å². The molecule has 0 aliphatic carbocycles. The van der Waals surface area contributed by atoms with Crippen LogP contribution in [0.3, 0.4) is 0 Å². The molecule has 4 aliphatic heterocycles. The molecule has 1 amide bonds. The Morgan fingerprint density at radius 2 is 1.78 bits per heavy atom. The number of nitrogens with one attached hydrogen (secondary N) is 1. The van der Waals surface area contributed by atoms with E-state index in [0.29, 0.717) is 35.7 Å². The maximum atomic E-state index is 13.2. The number of aromatic hydroxyl groups is 2. The maximum absolute atomic E-state index is 13.2. The number of phenolic OH excluding ortho intramolecular Hbond substituents is 2. The van der Waals surface area contributed by atoms with Crippen LogP contribution in [0.4, 0.5) is 0 Å². The number of rotatable bonds is 4. The molecule has 4 aliphatic rings. The third-order valence-corrected chi connectivity index (χ3v) is 10.3. The summed E-state index contributed by atoms with van der Waals surface area (Å²) in [4.78, 5) is 17.7. The predicted octanol–water partition coefficient (Wildman–Crippen LogP) is 3.93. The Labute approximate surface area is 241 Å². The van der Waals surface area contributed by atoms with E-state index in [2.05, 4.69) is 27.3 Å². The standard InChI is InChI=1S/C32H40N4O5/c1-14(2)16(4)32(39)34-12-24-26-20(28(37)18(6)30-31(26)41-13-40-30)10-22-27-25-19(8-15(3)17(5)29(25)38)9-21(35(27)7)23(11-33)36(22)24/h8,14,16,21-24,27,37-38H,9-10,12-13H2,1-7H3,(H,34,39)/t16-,21-,22?,23-,24-,27-/m0/s1. The lowest BCUT2D eigenvalue weighted by molar-refractivity contribution is -0.126. The average molecular weight is 561 g/mol. The molecule has 6 rings (SSSR count). The second-order valence-electron chi connectivity index (χ2n) is 12.6. The lowest BCUT2D eigenvalue weighted by atomic mass is 9.71. The number of carbonyl (C=O) groups excluding carboxylic acids is 1. The van der Waals surface area contributed by atoms with Crippen LogP contribution in [0, 0.1) is 43.9 Å². The molecule has 4 heterocycles. The van der Waals surface area contributed by atoms with Crippen LogP contribution in [0.1, 0.15) is 71.8 Å². The van der Waals surface area contributed by atoms with Crippen molar-refractivity contribution in [3.63, 3.8) is 0 Å². The Morgan fingerprint density at radius 3 is 2.46 bits per heavy atom. The number of ether oxygens (including phenoxy) is 2. The summed E-state index contributed by atoms with van der Waals surface area (Å²) >= 11 is 0. The van der Waals surface area contributed by atoms with Gasteiger partial charge in [0.1, 0.15) is 17.5 Å². The number of amides is 1. The number of aryl methyl sites for hydroxylation is 1. The Hall–Kier alpha value is -3.48. The summed E-state index contributed by atoms with van der Waals surface area (Å²) in [7, 11) is 2.04. The molecule has 2 bridgehead atoms. The number of piperazine rings is 1. The number of fused-ring (bicyclic) bond motifs is 9. The van der Waals surface area contributed by atoms with E-state index in [9.17, 15) is 20.3 Å². The molecule has 41 heavy (non-hydrogen) atoms. The first-order valence-electron chi connectivity index (χ1n) is 14.6. The molecule has 0 radical (unpaired) electrons. The molecular weight excluding hydrogens is 520 g/mol. The van der Waals surface area contributed by atoms with E-state index in [-0.39, 0.29) is 55.0 Å². The Kier molecular flexibility index (Phi) is 6.63. The van der Waals surface area contributed by atoms with Crippen molar-refractivity contribution in [1.82, 2.24) is 15.1 Å². The average Bonchev–Trinajstić information content (AvgIpc) is 3.43. The van der Waals surface area contributed by atoms with Crippen LogP contribution in [0.5, 0.6) is 23.0 Å². The van der Waals surface area contributed by atoms with Crippen molar-refractivity contribution in [3.8, 4) is 29.1 Å². The van der Waals surface area contributed by atoms with Gasteiger partial charge >= 0.3 is 0 Å². The summed E-state index contributed by atoms with van der Waals surface area (Å²) in [5, 5.41) is 36.9. The molecule has 6 atom stereocenters. The highest BCUT2D eigenvalue weighted by atomic mass is 16.7. The SMILES string of the molecule is Cc1cc2c(c(O)c1C)[C@@H]1C3Cc4c(O)c(C)c5c(c4[C@H](CNC(=O)[C@@H](C)C(C)C)N3[C@@H](C#N)[C@H](C2)N1C)OCO5. The minimum atomic E-state index is -0.489. The second kappa shape index (κ2) is 9.81. The largest absolute Gasteiger partial charge is 0.507 e. The Bertz CT molecular complexity index is 1480. The molecule has 2 aromatic rings. The third-order valence-electron chi connectivity index (χ3n) is 10.3. The van der Waals surface area contributed by atoms with Gasteiger partial charge in [-0.15, -0.1) is 0 Å². The molecular formula is C32H40N4O5. The zero-order valence-electron chi connectivity index (χ0n) is 24.9. The van der Waals surface area contributed by atoms with Gasteiger partial charge in [-0.25, -0.2) is 0 Å². The highest BCUT2D eigenvalue weighted by Crippen LogP contribution is 2.57. The second-order valence-corrected chi connectivity index (χ2v) is 12.6. The molecule has 9 heteroatoms. The van der Waals surface area contributed by atoms with Gasteiger partial charge in [0.25, 0.3) is 0 Å². The lowest BCUT2D eigenvalue weighted by Crippen LogP contribution is -2.68. The summed E-state index contributed by atoms with van der Waals surface area (Å²) in [5.41, 5.74) is 6.02. The van der Waals surface area contributed by atoms with Crippen molar-refractivity contribution in [2.24, 2.45) is 11.8 Å². The minimum Gasteiger partial charge on any atom is -0.507 e. The number of carbonyl (C=O) groups is 1. The molecule has 0 aromatic heterocycles. The topological polar surface area (TPSA) is 118 Å². The number of hydrogen-bond acceptors (Lipinski definition) is 8. The number of likely N-dealkylation sites (N-methyl/N-ethyl adjacent to an activating group) is 1. The van der Waals surface area contributed by atoms with Gasteiger partial charge in [-0.2, -0.15) is 5.26 Å². The zero-order chi connectivity index (χ0) is 29.5. The minimum absolute atomic E-state index is 0.0501. The molecule has 3 N–H and O–H groups in total. The molecule has 9 nitrogen and oxygen atoms in total. The maximum Gasteiger partial charge on any atom is 0.231 e. The van der Waals surface area contributed by atoms with Gasteiger partial charge in [0, 0.05) is 46.8 Å².